The Morgan fingerprint density at radius 1 is 1.18 bits per heavy atom. The molecule has 1 N–H and O–H groups in total. The summed E-state index contributed by atoms with van der Waals surface area (Å²) < 4.78 is 22.6. The molecule has 2 aromatic carbocycles. The fraction of sp³-hybridized carbons (Fsp3) is 0. The van der Waals surface area contributed by atoms with Crippen LogP contribution >= 0.6 is 10.7 Å². The molecule has 0 amide bonds. The minimum Gasteiger partial charge on any atom is -0.501 e. The fourth-order valence-corrected chi connectivity index (χ4v) is 2.68. The van der Waals surface area contributed by atoms with E-state index in [4.69, 9.17) is 16.1 Å². The predicted octanol–water partition coefficient (Wildman–Crippen LogP) is 2.96. The van der Waals surface area contributed by atoms with Gasteiger partial charge in [0.15, 0.2) is 4.98 Å². The van der Waals surface area contributed by atoms with Crippen LogP contribution < -0.4 is 0 Å². The Labute approximate surface area is 101 Å². The maximum Gasteiger partial charge on any atom is 0.426 e. The summed E-state index contributed by atoms with van der Waals surface area (Å²) in [5.74, 6) is -0.299. The Morgan fingerprint density at radius 3 is 2.47 bits per heavy atom. The van der Waals surface area contributed by atoms with Gasteiger partial charge in [0.05, 0.1) is 4.90 Å². The minimum atomic E-state index is -3.90. The van der Waals surface area contributed by atoms with Crippen LogP contribution in [0.25, 0.3) is 15.7 Å². The molecular weight excluding hydrogens is 264 g/mol. The van der Waals surface area contributed by atoms with Gasteiger partial charge in [0.25, 0.3) is 9.05 Å². The van der Waals surface area contributed by atoms with Gasteiger partial charge in [0, 0.05) is 27.5 Å². The maximum absolute atomic E-state index is 11.3. The summed E-state index contributed by atoms with van der Waals surface area (Å²) in [6.45, 7) is 0. The smallest absolute Gasteiger partial charge is 0.426 e. The van der Waals surface area contributed by atoms with E-state index in [1.807, 2.05) is 0 Å². The number of rotatable bonds is 1. The Balaban J connectivity index is 2.96. The van der Waals surface area contributed by atoms with E-state index in [0.29, 0.717) is 0 Å². The molecule has 0 spiro atoms. The van der Waals surface area contributed by atoms with E-state index < -0.39 is 9.05 Å². The molecule has 2 aromatic rings. The number of hydrogen-bond acceptors (Lipinski definition) is 4. The molecule has 17 heavy (non-hydrogen) atoms. The third-order valence-corrected chi connectivity index (χ3v) is 3.72. The zero-order chi connectivity index (χ0) is 12.6. The molecule has 0 aliphatic heterocycles. The molecule has 0 aliphatic rings. The lowest BCUT2D eigenvalue weighted by atomic mass is 10.1. The van der Waals surface area contributed by atoms with E-state index in [1.54, 1.807) is 0 Å². The average Bonchev–Trinajstić information content (AvgIpc) is 2.28. The molecular formula is C10H6ClN2O3S+. The van der Waals surface area contributed by atoms with Gasteiger partial charge in [-0.25, -0.2) is 8.42 Å². The average molecular weight is 270 g/mol. The Hall–Kier alpha value is -1.84. The van der Waals surface area contributed by atoms with E-state index >= 15 is 0 Å². The molecule has 0 heterocycles. The SMILES string of the molecule is N#[N+]c1ccc2c(S(=O)(=O)Cl)cccc2c1O. The standard InChI is InChI=1S/C10H5ClN2O3S/c11-17(15,16)9-3-1-2-7-6(9)4-5-8(13-12)10(7)14/h1-5H/p+1. The summed E-state index contributed by atoms with van der Waals surface area (Å²) in [7, 11) is 1.38. The Kier molecular flexibility index (Phi) is 2.65. The lowest BCUT2D eigenvalue weighted by Crippen LogP contribution is -1.91. The molecule has 2 rings (SSSR count). The van der Waals surface area contributed by atoms with Crippen LogP contribution in [-0.2, 0) is 9.05 Å². The molecule has 0 radical (unpaired) electrons. The minimum absolute atomic E-state index is 0.0402. The molecule has 0 unspecified atom stereocenters. The van der Waals surface area contributed by atoms with Gasteiger partial charge in [0.2, 0.25) is 11.1 Å². The van der Waals surface area contributed by atoms with Gasteiger partial charge in [-0.1, -0.05) is 12.1 Å². The van der Waals surface area contributed by atoms with E-state index in [0.717, 1.165) is 0 Å². The first-order chi connectivity index (χ1) is 7.95. The molecule has 7 heteroatoms. The van der Waals surface area contributed by atoms with Crippen LogP contribution in [0.15, 0.2) is 35.2 Å². The highest BCUT2D eigenvalue weighted by Crippen LogP contribution is 2.37. The van der Waals surface area contributed by atoms with Crippen molar-refractivity contribution in [1.82, 2.24) is 0 Å². The van der Waals surface area contributed by atoms with Crippen molar-refractivity contribution in [3.63, 3.8) is 0 Å². The topological polar surface area (TPSA) is 82.5 Å². The largest absolute Gasteiger partial charge is 0.501 e. The van der Waals surface area contributed by atoms with Gasteiger partial charge in [-0.15, -0.1) is 0 Å². The van der Waals surface area contributed by atoms with Crippen LogP contribution in [0.1, 0.15) is 0 Å². The fourth-order valence-electron chi connectivity index (χ4n) is 1.59. The second-order valence-corrected chi connectivity index (χ2v) is 5.86. The summed E-state index contributed by atoms with van der Waals surface area (Å²) >= 11 is 0. The normalized spacial score (nSPS) is 11.3. The highest BCUT2D eigenvalue weighted by molar-refractivity contribution is 8.14. The van der Waals surface area contributed by atoms with Crippen molar-refractivity contribution < 1.29 is 13.5 Å². The third-order valence-electron chi connectivity index (χ3n) is 2.34. The van der Waals surface area contributed by atoms with Gasteiger partial charge >= 0.3 is 5.69 Å². The van der Waals surface area contributed by atoms with Gasteiger partial charge < -0.3 is 5.11 Å². The lowest BCUT2D eigenvalue weighted by Gasteiger charge is -2.02. The molecule has 0 saturated heterocycles. The number of phenols is 1. The monoisotopic (exact) mass is 269 g/mol. The van der Waals surface area contributed by atoms with E-state index in [-0.39, 0.29) is 27.1 Å². The first-order valence-electron chi connectivity index (χ1n) is 4.49. The van der Waals surface area contributed by atoms with Crippen molar-refractivity contribution in [2.45, 2.75) is 4.90 Å². The van der Waals surface area contributed by atoms with Crippen LogP contribution in [-0.4, -0.2) is 13.5 Å². The first-order valence-corrected chi connectivity index (χ1v) is 6.80. The maximum atomic E-state index is 11.3. The van der Waals surface area contributed by atoms with Crippen LogP contribution in [0, 0.1) is 5.39 Å². The van der Waals surface area contributed by atoms with Gasteiger partial charge in [0.1, 0.15) is 0 Å². The Morgan fingerprint density at radius 2 is 1.88 bits per heavy atom. The Bertz CT molecular complexity index is 750. The van der Waals surface area contributed by atoms with Crippen LogP contribution in [0.5, 0.6) is 5.75 Å². The highest BCUT2D eigenvalue weighted by Gasteiger charge is 2.20. The summed E-state index contributed by atoms with van der Waals surface area (Å²) in [5, 5.41) is 18.9. The van der Waals surface area contributed by atoms with Crippen molar-refractivity contribution in [3.05, 3.63) is 35.3 Å². The van der Waals surface area contributed by atoms with Crippen molar-refractivity contribution in [2.24, 2.45) is 0 Å². The van der Waals surface area contributed by atoms with Gasteiger partial charge in [-0.3, -0.25) is 0 Å². The number of fused-ring (bicyclic) bond motifs is 1. The number of phenolic OH excluding ortho intramolecular Hbond substituents is 1. The summed E-state index contributed by atoms with van der Waals surface area (Å²) in [6, 6.07) is 6.99. The number of diazo groups is 1. The van der Waals surface area contributed by atoms with Crippen LogP contribution in [0.3, 0.4) is 0 Å². The molecule has 0 saturated carbocycles. The second kappa shape index (κ2) is 3.87. The summed E-state index contributed by atoms with van der Waals surface area (Å²) in [4.78, 5) is 2.78. The van der Waals surface area contributed by atoms with Crippen LogP contribution in [0.4, 0.5) is 5.69 Å². The molecule has 0 bridgehead atoms. The summed E-state index contributed by atoms with van der Waals surface area (Å²) in [5.41, 5.74) is -0.0402. The number of halogens is 1. The zero-order valence-electron chi connectivity index (χ0n) is 8.33. The molecule has 0 aliphatic carbocycles. The quantitative estimate of drug-likeness (QED) is 0.637. The van der Waals surface area contributed by atoms with Gasteiger partial charge in [-0.2, -0.15) is 0 Å². The zero-order valence-corrected chi connectivity index (χ0v) is 9.90. The van der Waals surface area contributed by atoms with E-state index in [2.05, 4.69) is 4.98 Å². The molecule has 86 valence electrons. The van der Waals surface area contributed by atoms with Crippen molar-refractivity contribution in [1.29, 1.82) is 5.39 Å². The van der Waals surface area contributed by atoms with Gasteiger partial charge in [-0.05, 0) is 12.1 Å². The molecule has 0 fully saturated rings. The van der Waals surface area contributed by atoms with Crippen molar-refractivity contribution in [2.75, 3.05) is 0 Å². The molecule has 5 nitrogen and oxygen atoms in total. The second-order valence-electron chi connectivity index (χ2n) is 3.32. The van der Waals surface area contributed by atoms with E-state index in [9.17, 15) is 13.5 Å². The number of benzene rings is 2. The summed E-state index contributed by atoms with van der Waals surface area (Å²) in [6.07, 6.45) is 0. The third kappa shape index (κ3) is 1.90. The highest BCUT2D eigenvalue weighted by atomic mass is 35.7. The predicted molar refractivity (Wildman–Crippen MR) is 63.4 cm³/mol. The lowest BCUT2D eigenvalue weighted by molar-refractivity contribution is 0.484. The van der Waals surface area contributed by atoms with Crippen molar-refractivity contribution in [3.8, 4) is 5.75 Å². The molecule has 0 aromatic heterocycles. The van der Waals surface area contributed by atoms with Crippen molar-refractivity contribution >= 4 is 36.2 Å². The van der Waals surface area contributed by atoms with E-state index in [1.165, 1.54) is 30.3 Å². The first kappa shape index (κ1) is 11.6. The molecule has 0 atom stereocenters. The number of hydrogen-bond donors (Lipinski definition) is 1. The number of nitrogens with zero attached hydrogens (tertiary/aromatic N) is 2. The number of aromatic hydroxyl groups is 1. The van der Waals surface area contributed by atoms with Crippen LogP contribution in [0.2, 0.25) is 0 Å².